The maximum atomic E-state index is 13.8. The van der Waals surface area contributed by atoms with Crippen LogP contribution in [0.15, 0.2) is 24.5 Å². The summed E-state index contributed by atoms with van der Waals surface area (Å²) in [5.41, 5.74) is 0.394. The highest BCUT2D eigenvalue weighted by atomic mass is 16.6. The van der Waals surface area contributed by atoms with E-state index in [1.165, 1.54) is 4.90 Å². The summed E-state index contributed by atoms with van der Waals surface area (Å²) in [6.45, 7) is 10.5. The number of aromatic nitrogens is 1. The molecule has 198 valence electrons. The number of hydrogen-bond acceptors (Lipinski definition) is 6. The fourth-order valence-electron chi connectivity index (χ4n) is 5.96. The van der Waals surface area contributed by atoms with Crippen LogP contribution in [0.3, 0.4) is 0 Å². The molecule has 0 radical (unpaired) electrons. The highest BCUT2D eigenvalue weighted by molar-refractivity contribution is 6.07. The van der Waals surface area contributed by atoms with Gasteiger partial charge in [-0.1, -0.05) is 19.9 Å². The van der Waals surface area contributed by atoms with Gasteiger partial charge in [0.2, 0.25) is 0 Å². The molecule has 3 saturated heterocycles. The predicted molar refractivity (Wildman–Crippen MR) is 136 cm³/mol. The zero-order chi connectivity index (χ0) is 25.7. The molecular weight excluding hydrogens is 458 g/mol. The van der Waals surface area contributed by atoms with E-state index in [4.69, 9.17) is 4.74 Å². The number of hydrogen-bond donors (Lipinski definition) is 0. The van der Waals surface area contributed by atoms with Crippen LogP contribution in [0.2, 0.25) is 0 Å². The van der Waals surface area contributed by atoms with E-state index in [9.17, 15) is 14.4 Å². The molecule has 4 heterocycles. The monoisotopic (exact) mass is 499 g/mol. The second kappa shape index (κ2) is 11.6. The molecule has 9 heteroatoms. The Labute approximate surface area is 214 Å². The number of likely N-dealkylation sites (tertiary alicyclic amines) is 2. The summed E-state index contributed by atoms with van der Waals surface area (Å²) in [6.07, 6.45) is 8.05. The van der Waals surface area contributed by atoms with Gasteiger partial charge in [0.25, 0.3) is 5.91 Å². The van der Waals surface area contributed by atoms with Crippen LogP contribution in [0.25, 0.3) is 0 Å². The Morgan fingerprint density at radius 1 is 1.17 bits per heavy atom. The number of pyridine rings is 1. The minimum absolute atomic E-state index is 0.0175. The topological polar surface area (TPSA) is 86.3 Å². The van der Waals surface area contributed by atoms with Gasteiger partial charge in [0.05, 0.1) is 6.61 Å². The van der Waals surface area contributed by atoms with Crippen molar-refractivity contribution >= 4 is 18.0 Å². The van der Waals surface area contributed by atoms with Crippen LogP contribution in [0, 0.1) is 5.92 Å². The van der Waals surface area contributed by atoms with Crippen molar-refractivity contribution in [1.29, 1.82) is 0 Å². The molecule has 0 atom stereocenters. The summed E-state index contributed by atoms with van der Waals surface area (Å²) in [5, 5.41) is 0. The lowest BCUT2D eigenvalue weighted by Crippen LogP contribution is -2.59. The Bertz CT molecular complexity index is 908. The lowest BCUT2D eigenvalue weighted by molar-refractivity contribution is -0.136. The molecule has 0 bridgehead atoms. The van der Waals surface area contributed by atoms with Gasteiger partial charge in [-0.15, -0.1) is 0 Å². The molecule has 1 spiro atoms. The number of urea groups is 1. The summed E-state index contributed by atoms with van der Waals surface area (Å²) >= 11 is 0. The number of ether oxygens (including phenoxy) is 1. The van der Waals surface area contributed by atoms with Gasteiger partial charge in [0.1, 0.15) is 5.54 Å². The van der Waals surface area contributed by atoms with Crippen molar-refractivity contribution in [2.75, 3.05) is 45.9 Å². The van der Waals surface area contributed by atoms with Crippen LogP contribution >= 0.6 is 0 Å². The molecule has 36 heavy (non-hydrogen) atoms. The molecule has 0 N–H and O–H groups in total. The van der Waals surface area contributed by atoms with Crippen molar-refractivity contribution in [3.05, 3.63) is 30.1 Å². The van der Waals surface area contributed by atoms with Gasteiger partial charge in [-0.3, -0.25) is 14.7 Å². The summed E-state index contributed by atoms with van der Waals surface area (Å²) in [6, 6.07) is 4.21. The lowest BCUT2D eigenvalue weighted by atomic mass is 9.84. The number of carbonyl (C=O) groups excluding carboxylic acids is 3. The Hall–Kier alpha value is -2.68. The SMILES string of the molecule is CCOC(=O)N1CCC(N2CCC3(CC2)C(=O)N(CCCc2cccnc2)C(=O)N3CC(C)C)CC1. The summed E-state index contributed by atoms with van der Waals surface area (Å²) in [7, 11) is 0. The fraction of sp³-hybridized carbons (Fsp3) is 0.704. The zero-order valence-corrected chi connectivity index (χ0v) is 22.0. The average Bonchev–Trinajstić information content (AvgIpc) is 3.06. The third kappa shape index (κ3) is 5.51. The number of amides is 4. The van der Waals surface area contributed by atoms with Crippen LogP contribution in [0.4, 0.5) is 9.59 Å². The Morgan fingerprint density at radius 2 is 1.89 bits per heavy atom. The molecule has 1 aromatic rings. The second-order valence-corrected chi connectivity index (χ2v) is 10.7. The van der Waals surface area contributed by atoms with E-state index >= 15 is 0 Å². The molecule has 0 saturated carbocycles. The standard InChI is InChI=1S/C27H41N5O4/c1-4-36-26(35)30-15-9-23(10-16-30)29-17-11-27(12-18-29)24(33)31(25(34)32(27)20-21(2)3)14-6-8-22-7-5-13-28-19-22/h5,7,13,19,21,23H,4,6,8-12,14-18,20H2,1-3H3. The zero-order valence-electron chi connectivity index (χ0n) is 22.0. The molecular formula is C27H41N5O4. The third-order valence-electron chi connectivity index (χ3n) is 7.87. The van der Waals surface area contributed by atoms with Crippen molar-refractivity contribution in [2.45, 2.75) is 70.9 Å². The fourth-order valence-corrected chi connectivity index (χ4v) is 5.96. The Morgan fingerprint density at radius 3 is 2.50 bits per heavy atom. The van der Waals surface area contributed by atoms with Gasteiger partial charge < -0.3 is 19.4 Å². The van der Waals surface area contributed by atoms with Crippen LogP contribution in [-0.4, -0.2) is 100 Å². The molecule has 4 rings (SSSR count). The minimum Gasteiger partial charge on any atom is -0.450 e. The highest BCUT2D eigenvalue weighted by Gasteiger charge is 2.58. The number of carbonyl (C=O) groups is 3. The van der Waals surface area contributed by atoms with Gasteiger partial charge >= 0.3 is 12.1 Å². The molecule has 3 fully saturated rings. The largest absolute Gasteiger partial charge is 0.450 e. The van der Waals surface area contributed by atoms with Crippen LogP contribution < -0.4 is 0 Å². The van der Waals surface area contributed by atoms with Crippen molar-refractivity contribution < 1.29 is 19.1 Å². The number of rotatable bonds is 8. The Kier molecular flexibility index (Phi) is 8.49. The first-order valence-electron chi connectivity index (χ1n) is 13.5. The first-order valence-corrected chi connectivity index (χ1v) is 13.5. The first kappa shape index (κ1) is 26.4. The molecule has 0 unspecified atom stereocenters. The van der Waals surface area contributed by atoms with E-state index in [1.54, 1.807) is 11.1 Å². The van der Waals surface area contributed by atoms with Crippen LogP contribution in [-0.2, 0) is 16.0 Å². The van der Waals surface area contributed by atoms with E-state index in [1.807, 2.05) is 30.2 Å². The molecule has 3 aliphatic heterocycles. The van der Waals surface area contributed by atoms with E-state index in [0.717, 1.165) is 44.3 Å². The predicted octanol–water partition coefficient (Wildman–Crippen LogP) is 3.39. The molecule has 4 amide bonds. The van der Waals surface area contributed by atoms with Gasteiger partial charge in [-0.25, -0.2) is 9.59 Å². The number of piperidine rings is 2. The summed E-state index contributed by atoms with van der Waals surface area (Å²) < 4.78 is 5.14. The molecule has 0 aliphatic carbocycles. The minimum atomic E-state index is -0.724. The maximum absolute atomic E-state index is 13.8. The second-order valence-electron chi connectivity index (χ2n) is 10.7. The van der Waals surface area contributed by atoms with Gasteiger partial charge in [0.15, 0.2) is 0 Å². The van der Waals surface area contributed by atoms with E-state index in [0.29, 0.717) is 57.6 Å². The molecule has 0 aromatic carbocycles. The summed E-state index contributed by atoms with van der Waals surface area (Å²) in [5.74, 6) is 0.273. The van der Waals surface area contributed by atoms with Crippen molar-refractivity contribution in [3.8, 4) is 0 Å². The molecule has 1 aromatic heterocycles. The van der Waals surface area contributed by atoms with Crippen molar-refractivity contribution in [2.24, 2.45) is 5.92 Å². The maximum Gasteiger partial charge on any atom is 0.409 e. The smallest absolute Gasteiger partial charge is 0.409 e. The number of aryl methyl sites for hydroxylation is 1. The quantitative estimate of drug-likeness (QED) is 0.510. The molecule has 3 aliphatic rings. The van der Waals surface area contributed by atoms with Gasteiger partial charge in [0, 0.05) is 57.7 Å². The number of nitrogens with zero attached hydrogens (tertiary/aromatic N) is 5. The highest BCUT2D eigenvalue weighted by Crippen LogP contribution is 2.39. The van der Waals surface area contributed by atoms with Gasteiger partial charge in [-0.05, 0) is 63.0 Å². The average molecular weight is 500 g/mol. The number of imide groups is 1. The first-order chi connectivity index (χ1) is 17.4. The van der Waals surface area contributed by atoms with Crippen LogP contribution in [0.5, 0.6) is 0 Å². The van der Waals surface area contributed by atoms with E-state index < -0.39 is 5.54 Å². The molecule has 9 nitrogen and oxygen atoms in total. The Balaban J connectivity index is 1.37. The lowest BCUT2D eigenvalue weighted by Gasteiger charge is -2.46. The van der Waals surface area contributed by atoms with Crippen molar-refractivity contribution in [3.63, 3.8) is 0 Å². The summed E-state index contributed by atoms with van der Waals surface area (Å²) in [4.78, 5) is 51.1. The van der Waals surface area contributed by atoms with E-state index in [-0.39, 0.29) is 18.0 Å². The van der Waals surface area contributed by atoms with Crippen LogP contribution in [0.1, 0.15) is 58.4 Å². The normalized spacial score (nSPS) is 21.2. The van der Waals surface area contributed by atoms with E-state index in [2.05, 4.69) is 23.7 Å². The van der Waals surface area contributed by atoms with Crippen molar-refractivity contribution in [1.82, 2.24) is 24.6 Å². The van der Waals surface area contributed by atoms with Gasteiger partial charge in [-0.2, -0.15) is 0 Å². The third-order valence-corrected chi connectivity index (χ3v) is 7.87.